The molecule has 0 saturated heterocycles. The van der Waals surface area contributed by atoms with Gasteiger partial charge in [-0.1, -0.05) is 58.5 Å². The third kappa shape index (κ3) is 4.09. The van der Waals surface area contributed by atoms with Gasteiger partial charge in [-0.3, -0.25) is 4.68 Å². The maximum absolute atomic E-state index is 13.5. The Morgan fingerprint density at radius 3 is 2.73 bits per heavy atom. The first kappa shape index (κ1) is 19.3. The average Bonchev–Trinajstić information content (AvgIpc) is 2.99. The molecule has 0 aliphatic carbocycles. The van der Waals surface area contributed by atoms with E-state index in [4.69, 9.17) is 5.10 Å². The summed E-state index contributed by atoms with van der Waals surface area (Å²) in [5.74, 6) is -0.211. The van der Waals surface area contributed by atoms with Gasteiger partial charge in [0.25, 0.3) is 0 Å². The zero-order chi connectivity index (χ0) is 18.9. The molecule has 1 aromatic heterocycles. The van der Waals surface area contributed by atoms with Crippen molar-refractivity contribution in [1.82, 2.24) is 15.1 Å². The third-order valence-corrected chi connectivity index (χ3v) is 12.0. The Labute approximate surface area is 158 Å². The van der Waals surface area contributed by atoms with Gasteiger partial charge in [0.05, 0.1) is 25.5 Å². The summed E-state index contributed by atoms with van der Waals surface area (Å²) in [6.07, 6.45) is 2.40. The molecule has 1 N–H and O–H groups in total. The van der Waals surface area contributed by atoms with Crippen molar-refractivity contribution in [3.05, 3.63) is 41.8 Å². The molecule has 2 aromatic rings. The maximum atomic E-state index is 13.5. The van der Waals surface area contributed by atoms with Crippen LogP contribution in [0, 0.1) is 5.82 Å². The number of hydrogen-bond acceptors (Lipinski definition) is 2. The summed E-state index contributed by atoms with van der Waals surface area (Å²) in [5.41, 5.74) is 2.93. The number of hydrogen-bond donors (Lipinski definition) is 1. The van der Waals surface area contributed by atoms with E-state index in [1.807, 2.05) is 6.07 Å². The van der Waals surface area contributed by atoms with Gasteiger partial charge < -0.3 is 5.32 Å². The molecule has 0 bridgehead atoms. The summed E-state index contributed by atoms with van der Waals surface area (Å²) in [5, 5.41) is 8.79. The second-order valence-electron chi connectivity index (χ2n) is 9.29. The van der Waals surface area contributed by atoms with Gasteiger partial charge in [-0.05, 0) is 29.7 Å². The normalized spacial score (nSPS) is 18.0. The third-order valence-electron chi connectivity index (χ3n) is 6.33. The predicted octanol–water partition coefficient (Wildman–Crippen LogP) is 5.62. The van der Waals surface area contributed by atoms with Gasteiger partial charge in [0.1, 0.15) is 5.82 Å². The minimum atomic E-state index is -1.23. The van der Waals surface area contributed by atoms with Crippen molar-refractivity contribution in [3.8, 4) is 11.3 Å². The van der Waals surface area contributed by atoms with E-state index in [1.165, 1.54) is 24.2 Å². The van der Waals surface area contributed by atoms with Crippen LogP contribution in [0.5, 0.6) is 0 Å². The average molecular weight is 374 g/mol. The fourth-order valence-electron chi connectivity index (χ4n) is 3.50. The van der Waals surface area contributed by atoms with Crippen molar-refractivity contribution in [3.63, 3.8) is 0 Å². The quantitative estimate of drug-likeness (QED) is 0.689. The zero-order valence-corrected chi connectivity index (χ0v) is 17.8. The summed E-state index contributed by atoms with van der Waals surface area (Å²) < 4.78 is 15.7. The standard InChI is InChI=1S/C21H32FN3Si/c1-21(2,3)26(4,5)11-7-10-18-14-23-15-19-13-20(24-25(18)19)16-8-6-9-17(22)12-16/h6,8-9,12-13,18,23H,7,10-11,14-15H2,1-5H3. The van der Waals surface area contributed by atoms with Crippen LogP contribution in [-0.4, -0.2) is 24.4 Å². The second kappa shape index (κ2) is 7.28. The number of nitrogens with one attached hydrogen (secondary N) is 1. The number of nitrogens with zero attached hydrogens (tertiary/aromatic N) is 2. The Morgan fingerprint density at radius 1 is 1.27 bits per heavy atom. The highest BCUT2D eigenvalue weighted by Crippen LogP contribution is 2.40. The molecule has 1 aromatic carbocycles. The van der Waals surface area contributed by atoms with E-state index >= 15 is 0 Å². The lowest BCUT2D eigenvalue weighted by molar-refractivity contribution is 0.346. The molecular weight excluding hydrogens is 341 g/mol. The Hall–Kier alpha value is -1.46. The first-order valence-corrected chi connectivity index (χ1v) is 12.9. The molecule has 1 aliphatic rings. The molecule has 1 unspecified atom stereocenters. The van der Waals surface area contributed by atoms with Crippen LogP contribution in [0.2, 0.25) is 24.2 Å². The molecule has 0 fully saturated rings. The van der Waals surface area contributed by atoms with Crippen LogP contribution in [0.4, 0.5) is 4.39 Å². The summed E-state index contributed by atoms with van der Waals surface area (Å²) in [6.45, 7) is 14.0. The summed E-state index contributed by atoms with van der Waals surface area (Å²) in [7, 11) is -1.23. The van der Waals surface area contributed by atoms with Gasteiger partial charge in [-0.15, -0.1) is 0 Å². The molecule has 0 spiro atoms. The van der Waals surface area contributed by atoms with E-state index < -0.39 is 8.07 Å². The van der Waals surface area contributed by atoms with Gasteiger partial charge in [0.15, 0.2) is 0 Å². The lowest BCUT2D eigenvalue weighted by Gasteiger charge is -2.37. The minimum Gasteiger partial charge on any atom is -0.309 e. The number of benzene rings is 1. The lowest BCUT2D eigenvalue weighted by atomic mass is 10.1. The molecule has 3 nitrogen and oxygen atoms in total. The fraction of sp³-hybridized carbons (Fsp3) is 0.571. The van der Waals surface area contributed by atoms with Crippen LogP contribution in [-0.2, 0) is 6.54 Å². The second-order valence-corrected chi connectivity index (χ2v) is 15.1. The van der Waals surface area contributed by atoms with Crippen LogP contribution in [0.25, 0.3) is 11.3 Å². The van der Waals surface area contributed by atoms with Crippen LogP contribution in [0.15, 0.2) is 30.3 Å². The van der Waals surface area contributed by atoms with E-state index in [9.17, 15) is 4.39 Å². The predicted molar refractivity (Wildman–Crippen MR) is 110 cm³/mol. The van der Waals surface area contributed by atoms with E-state index in [2.05, 4.69) is 49.9 Å². The van der Waals surface area contributed by atoms with Gasteiger partial charge in [0, 0.05) is 18.7 Å². The molecule has 3 rings (SSSR count). The maximum Gasteiger partial charge on any atom is 0.123 e. The first-order valence-electron chi connectivity index (χ1n) is 9.72. The molecule has 26 heavy (non-hydrogen) atoms. The van der Waals surface area contributed by atoms with E-state index in [1.54, 1.807) is 12.1 Å². The molecule has 1 aliphatic heterocycles. The van der Waals surface area contributed by atoms with Gasteiger partial charge >= 0.3 is 0 Å². The largest absolute Gasteiger partial charge is 0.309 e. The van der Waals surface area contributed by atoms with Crippen LogP contribution >= 0.6 is 0 Å². The van der Waals surface area contributed by atoms with Crippen molar-refractivity contribution < 1.29 is 4.39 Å². The first-order chi connectivity index (χ1) is 12.2. The summed E-state index contributed by atoms with van der Waals surface area (Å²) in [4.78, 5) is 0. The van der Waals surface area contributed by atoms with Crippen molar-refractivity contribution >= 4 is 8.07 Å². The Bertz CT molecular complexity index is 761. The minimum absolute atomic E-state index is 0.211. The number of rotatable bonds is 5. The van der Waals surface area contributed by atoms with Crippen LogP contribution in [0.3, 0.4) is 0 Å². The smallest absolute Gasteiger partial charge is 0.123 e. The summed E-state index contributed by atoms with van der Waals surface area (Å²) >= 11 is 0. The van der Waals surface area contributed by atoms with Gasteiger partial charge in [0.2, 0.25) is 0 Å². The molecule has 0 radical (unpaired) electrons. The van der Waals surface area contributed by atoms with Crippen molar-refractivity contribution in [2.75, 3.05) is 6.54 Å². The molecular formula is C21H32FN3Si. The topological polar surface area (TPSA) is 29.9 Å². The number of aromatic nitrogens is 2. The fourth-order valence-corrected chi connectivity index (χ4v) is 5.34. The van der Waals surface area contributed by atoms with Gasteiger partial charge in [-0.2, -0.15) is 5.10 Å². The molecule has 5 heteroatoms. The van der Waals surface area contributed by atoms with E-state index in [0.717, 1.165) is 30.8 Å². The van der Waals surface area contributed by atoms with Crippen molar-refractivity contribution in [1.29, 1.82) is 0 Å². The van der Waals surface area contributed by atoms with E-state index in [0.29, 0.717) is 11.1 Å². The van der Waals surface area contributed by atoms with Gasteiger partial charge in [-0.25, -0.2) is 4.39 Å². The lowest BCUT2D eigenvalue weighted by Crippen LogP contribution is -2.37. The van der Waals surface area contributed by atoms with Crippen LogP contribution in [0.1, 0.15) is 45.3 Å². The zero-order valence-electron chi connectivity index (χ0n) is 16.8. The highest BCUT2D eigenvalue weighted by atomic mass is 28.3. The Balaban J connectivity index is 1.71. The number of fused-ring (bicyclic) bond motifs is 1. The van der Waals surface area contributed by atoms with Crippen molar-refractivity contribution in [2.24, 2.45) is 0 Å². The Kier molecular flexibility index (Phi) is 5.40. The molecule has 0 amide bonds. The molecule has 142 valence electrons. The number of halogens is 1. The molecule has 1 atom stereocenters. The molecule has 2 heterocycles. The van der Waals surface area contributed by atoms with E-state index in [-0.39, 0.29) is 5.82 Å². The highest BCUT2D eigenvalue weighted by molar-refractivity contribution is 6.80. The Morgan fingerprint density at radius 2 is 2.04 bits per heavy atom. The summed E-state index contributed by atoms with van der Waals surface area (Å²) in [6, 6.07) is 10.6. The highest BCUT2D eigenvalue weighted by Gasteiger charge is 2.34. The monoisotopic (exact) mass is 373 g/mol. The molecule has 0 saturated carbocycles. The SMILES string of the molecule is CC(C)(C)[Si](C)(C)CCCC1CNCc2cc(-c3cccc(F)c3)nn21. The van der Waals surface area contributed by atoms with Crippen LogP contribution < -0.4 is 5.32 Å². The van der Waals surface area contributed by atoms with Crippen molar-refractivity contribution in [2.45, 2.75) is 70.4 Å².